The number of thiazole rings is 1. The van der Waals surface area contributed by atoms with Crippen molar-refractivity contribution in [2.75, 3.05) is 5.32 Å². The maximum atomic E-state index is 11.5. The first-order valence-corrected chi connectivity index (χ1v) is 8.34. The summed E-state index contributed by atoms with van der Waals surface area (Å²) in [5, 5.41) is 14.9. The van der Waals surface area contributed by atoms with Crippen molar-refractivity contribution in [3.05, 3.63) is 76.7 Å². The number of nitrogens with two attached hydrogens (primary N) is 1. The van der Waals surface area contributed by atoms with Gasteiger partial charge in [-0.05, 0) is 12.1 Å². The zero-order valence-corrected chi connectivity index (χ0v) is 14.0. The third-order valence-electron chi connectivity index (χ3n) is 3.49. The molecule has 0 spiro atoms. The van der Waals surface area contributed by atoms with Crippen LogP contribution in [0, 0.1) is 11.3 Å². The lowest BCUT2D eigenvalue weighted by atomic mass is 10.1. The van der Waals surface area contributed by atoms with Crippen molar-refractivity contribution in [2.45, 2.75) is 0 Å². The Morgan fingerprint density at radius 2 is 1.88 bits per heavy atom. The normalized spacial score (nSPS) is 10.9. The topological polar surface area (TPSA) is 91.8 Å². The molecule has 0 aliphatic rings. The summed E-state index contributed by atoms with van der Waals surface area (Å²) in [5.41, 5.74) is 8.46. The Hall–Kier alpha value is -3.43. The molecule has 0 radical (unpaired) electrons. The van der Waals surface area contributed by atoms with Gasteiger partial charge in [-0.25, -0.2) is 4.98 Å². The highest BCUT2D eigenvalue weighted by molar-refractivity contribution is 7.11. The van der Waals surface area contributed by atoms with E-state index in [9.17, 15) is 10.1 Å². The Kier molecular flexibility index (Phi) is 4.88. The zero-order chi connectivity index (χ0) is 17.6. The molecule has 6 heteroatoms. The quantitative estimate of drug-likeness (QED) is 0.686. The predicted octanol–water partition coefficient (Wildman–Crippen LogP) is 3.89. The second-order valence-electron chi connectivity index (χ2n) is 5.13. The number of aromatic nitrogens is 1. The van der Waals surface area contributed by atoms with Crippen molar-refractivity contribution in [3.63, 3.8) is 0 Å². The number of primary amides is 1. The molecule has 1 amide bonds. The third kappa shape index (κ3) is 3.74. The Morgan fingerprint density at radius 1 is 1.16 bits per heavy atom. The summed E-state index contributed by atoms with van der Waals surface area (Å²) in [5.74, 6) is -0.532. The number of nitrogens with one attached hydrogen (secondary N) is 1. The van der Waals surface area contributed by atoms with Crippen LogP contribution in [0.5, 0.6) is 0 Å². The van der Waals surface area contributed by atoms with Crippen LogP contribution >= 0.6 is 11.3 Å². The molecule has 2 aromatic carbocycles. The summed E-state index contributed by atoms with van der Waals surface area (Å²) in [6.45, 7) is 0. The number of nitrogens with zero attached hydrogens (tertiary/aromatic N) is 2. The van der Waals surface area contributed by atoms with Gasteiger partial charge in [0, 0.05) is 17.1 Å². The number of allylic oxidation sites excluding steroid dienone is 1. The maximum Gasteiger partial charge on any atom is 0.250 e. The predicted molar refractivity (Wildman–Crippen MR) is 99.7 cm³/mol. The first-order chi connectivity index (χ1) is 12.2. The third-order valence-corrected chi connectivity index (χ3v) is 4.36. The fourth-order valence-corrected chi connectivity index (χ4v) is 3.05. The van der Waals surface area contributed by atoms with Crippen LogP contribution in [-0.2, 0) is 0 Å². The van der Waals surface area contributed by atoms with Gasteiger partial charge in [-0.1, -0.05) is 42.5 Å². The molecule has 3 rings (SSSR count). The first kappa shape index (κ1) is 16.4. The SMILES string of the molecule is N#CC(=CNc1ccccc1C(N)=O)c1nc(-c2ccccc2)cs1. The van der Waals surface area contributed by atoms with Crippen LogP contribution in [0.15, 0.2) is 66.2 Å². The van der Waals surface area contributed by atoms with Crippen molar-refractivity contribution >= 4 is 28.5 Å². The molecule has 0 atom stereocenters. The van der Waals surface area contributed by atoms with E-state index in [0.29, 0.717) is 21.8 Å². The van der Waals surface area contributed by atoms with Crippen LogP contribution in [0.3, 0.4) is 0 Å². The lowest BCUT2D eigenvalue weighted by Gasteiger charge is -2.06. The molecule has 1 heterocycles. The van der Waals surface area contributed by atoms with Crippen LogP contribution < -0.4 is 11.1 Å². The summed E-state index contributed by atoms with van der Waals surface area (Å²) < 4.78 is 0. The van der Waals surface area contributed by atoms with Crippen LogP contribution in [0.1, 0.15) is 15.4 Å². The van der Waals surface area contributed by atoms with Gasteiger partial charge in [-0.3, -0.25) is 4.79 Å². The Balaban J connectivity index is 1.87. The molecule has 0 saturated carbocycles. The van der Waals surface area contributed by atoms with Gasteiger partial charge in [0.2, 0.25) is 0 Å². The molecule has 0 fully saturated rings. The Morgan fingerprint density at radius 3 is 2.60 bits per heavy atom. The number of hydrogen-bond donors (Lipinski definition) is 2. The molecule has 3 N–H and O–H groups in total. The van der Waals surface area contributed by atoms with E-state index >= 15 is 0 Å². The molecule has 25 heavy (non-hydrogen) atoms. The summed E-state index contributed by atoms with van der Waals surface area (Å²) in [4.78, 5) is 16.0. The van der Waals surface area contributed by atoms with Crippen LogP contribution in [-0.4, -0.2) is 10.9 Å². The molecule has 0 saturated heterocycles. The van der Waals surface area contributed by atoms with Gasteiger partial charge in [-0.2, -0.15) is 5.26 Å². The average Bonchev–Trinajstić information content (AvgIpc) is 3.13. The van der Waals surface area contributed by atoms with Gasteiger partial charge in [0.15, 0.2) is 0 Å². The Labute approximate surface area is 149 Å². The van der Waals surface area contributed by atoms with E-state index < -0.39 is 5.91 Å². The van der Waals surface area contributed by atoms with Gasteiger partial charge in [0.25, 0.3) is 5.91 Å². The monoisotopic (exact) mass is 346 g/mol. The number of nitriles is 1. The van der Waals surface area contributed by atoms with Crippen molar-refractivity contribution in [3.8, 4) is 17.3 Å². The van der Waals surface area contributed by atoms with E-state index in [2.05, 4.69) is 16.4 Å². The summed E-state index contributed by atoms with van der Waals surface area (Å²) in [7, 11) is 0. The molecule has 1 aromatic heterocycles. The van der Waals surface area contributed by atoms with Gasteiger partial charge in [0.1, 0.15) is 16.6 Å². The highest BCUT2D eigenvalue weighted by Gasteiger charge is 2.10. The van der Waals surface area contributed by atoms with E-state index in [1.807, 2.05) is 35.7 Å². The number of rotatable bonds is 5. The maximum absolute atomic E-state index is 11.5. The zero-order valence-electron chi connectivity index (χ0n) is 13.1. The van der Waals surface area contributed by atoms with Crippen molar-refractivity contribution in [1.82, 2.24) is 4.98 Å². The molecular formula is C19H14N4OS. The average molecular weight is 346 g/mol. The summed E-state index contributed by atoms with van der Waals surface area (Å²) in [6, 6.07) is 18.8. The van der Waals surface area contributed by atoms with Crippen molar-refractivity contribution in [2.24, 2.45) is 5.73 Å². The summed E-state index contributed by atoms with van der Waals surface area (Å²) >= 11 is 1.39. The van der Waals surface area contributed by atoms with Gasteiger partial charge in [0.05, 0.1) is 16.9 Å². The van der Waals surface area contributed by atoms with Crippen molar-refractivity contribution in [1.29, 1.82) is 5.26 Å². The smallest absolute Gasteiger partial charge is 0.250 e. The highest BCUT2D eigenvalue weighted by Crippen LogP contribution is 2.26. The van der Waals surface area contributed by atoms with E-state index in [1.165, 1.54) is 17.5 Å². The minimum absolute atomic E-state index is 0.361. The number of amides is 1. The van der Waals surface area contributed by atoms with Gasteiger partial charge < -0.3 is 11.1 Å². The lowest BCUT2D eigenvalue weighted by molar-refractivity contribution is 0.100. The van der Waals surface area contributed by atoms with Crippen LogP contribution in [0.25, 0.3) is 16.8 Å². The number of para-hydroxylation sites is 1. The number of carbonyl (C=O) groups is 1. The molecule has 0 aliphatic heterocycles. The lowest BCUT2D eigenvalue weighted by Crippen LogP contribution is -2.13. The summed E-state index contributed by atoms with van der Waals surface area (Å²) in [6.07, 6.45) is 1.54. The highest BCUT2D eigenvalue weighted by atomic mass is 32.1. The molecule has 0 unspecified atom stereocenters. The standard InChI is InChI=1S/C19H14N4OS/c20-10-14(11-22-16-9-5-4-8-15(16)18(21)24)19-23-17(12-25-19)13-6-2-1-3-7-13/h1-9,11-12,22H,(H2,21,24). The molecule has 5 nitrogen and oxygen atoms in total. The minimum Gasteiger partial charge on any atom is -0.366 e. The second-order valence-corrected chi connectivity index (χ2v) is 5.99. The Bertz CT molecular complexity index is 970. The molecule has 0 bridgehead atoms. The first-order valence-electron chi connectivity index (χ1n) is 7.46. The molecule has 122 valence electrons. The van der Waals surface area contributed by atoms with E-state index in [4.69, 9.17) is 5.73 Å². The van der Waals surface area contributed by atoms with Crippen LogP contribution in [0.2, 0.25) is 0 Å². The second kappa shape index (κ2) is 7.43. The van der Waals surface area contributed by atoms with E-state index in [-0.39, 0.29) is 0 Å². The van der Waals surface area contributed by atoms with Gasteiger partial charge in [-0.15, -0.1) is 11.3 Å². The number of anilines is 1. The minimum atomic E-state index is -0.532. The van der Waals surface area contributed by atoms with Gasteiger partial charge >= 0.3 is 0 Å². The number of hydrogen-bond acceptors (Lipinski definition) is 5. The van der Waals surface area contributed by atoms with E-state index in [1.54, 1.807) is 24.3 Å². The largest absolute Gasteiger partial charge is 0.366 e. The molecule has 0 aliphatic carbocycles. The van der Waals surface area contributed by atoms with E-state index in [0.717, 1.165) is 11.3 Å². The number of benzene rings is 2. The molecule has 3 aromatic rings. The fraction of sp³-hybridized carbons (Fsp3) is 0. The van der Waals surface area contributed by atoms with Crippen LogP contribution in [0.4, 0.5) is 5.69 Å². The molecular weight excluding hydrogens is 332 g/mol. The van der Waals surface area contributed by atoms with Crippen molar-refractivity contribution < 1.29 is 4.79 Å². The fourth-order valence-electron chi connectivity index (χ4n) is 2.25. The number of carbonyl (C=O) groups excluding carboxylic acids is 1.